The van der Waals surface area contributed by atoms with Gasteiger partial charge in [0.2, 0.25) is 0 Å². The van der Waals surface area contributed by atoms with Crippen LogP contribution in [-0.2, 0) is 11.8 Å². The van der Waals surface area contributed by atoms with Crippen LogP contribution < -0.4 is 0 Å². The molecule has 1 heterocycles. The summed E-state index contributed by atoms with van der Waals surface area (Å²) in [5, 5.41) is 1.42. The Morgan fingerprint density at radius 3 is 2.36 bits per heavy atom. The van der Waals surface area contributed by atoms with Crippen LogP contribution in [0.2, 0.25) is 0 Å². The van der Waals surface area contributed by atoms with Crippen LogP contribution in [0.25, 0.3) is 27.3 Å². The first-order valence-electron chi connectivity index (χ1n) is 12.7. The second-order valence-electron chi connectivity index (χ2n) is 10.1. The molecule has 3 aliphatic carbocycles. The molecule has 0 radical (unpaired) electrons. The van der Waals surface area contributed by atoms with Crippen LogP contribution in [0.5, 0.6) is 0 Å². The average molecular weight is 477 g/mol. The summed E-state index contributed by atoms with van der Waals surface area (Å²) in [5.74, 6) is 0.506. The maximum absolute atomic E-state index is 2.43. The topological polar surface area (TPSA) is 0 Å². The van der Waals surface area contributed by atoms with Crippen LogP contribution in [0, 0.1) is 5.92 Å². The van der Waals surface area contributed by atoms with E-state index in [4.69, 9.17) is 0 Å². The van der Waals surface area contributed by atoms with Crippen molar-refractivity contribution in [2.75, 3.05) is 0 Å². The van der Waals surface area contributed by atoms with Crippen molar-refractivity contribution in [2.24, 2.45) is 5.92 Å². The van der Waals surface area contributed by atoms with E-state index in [0.29, 0.717) is 5.92 Å². The lowest BCUT2D eigenvalue weighted by Gasteiger charge is -2.21. The molecule has 1 heteroatoms. The Bertz CT molecular complexity index is 1740. The van der Waals surface area contributed by atoms with Gasteiger partial charge in [-0.15, -0.1) is 11.3 Å². The van der Waals surface area contributed by atoms with Gasteiger partial charge in [0.1, 0.15) is 0 Å². The molecule has 8 rings (SSSR count). The van der Waals surface area contributed by atoms with E-state index < -0.39 is 0 Å². The normalized spacial score (nSPS) is 18.3. The maximum Gasteiger partial charge on any atom is 0.0708 e. The van der Waals surface area contributed by atoms with Crippen molar-refractivity contribution in [1.82, 2.24) is 0 Å². The van der Waals surface area contributed by atoms with E-state index in [2.05, 4.69) is 127 Å². The molecule has 1 atom stereocenters. The molecule has 1 aromatic heterocycles. The number of benzene rings is 4. The van der Waals surface area contributed by atoms with Crippen LogP contribution in [0.3, 0.4) is 0 Å². The minimum Gasteiger partial charge on any atom is -0.135 e. The molecule has 0 aliphatic heterocycles. The van der Waals surface area contributed by atoms with E-state index in [0.717, 1.165) is 6.42 Å². The van der Waals surface area contributed by atoms with Gasteiger partial charge in [0.05, 0.1) is 5.41 Å². The molecule has 0 N–H and O–H groups in total. The van der Waals surface area contributed by atoms with Crippen LogP contribution in [0.15, 0.2) is 127 Å². The summed E-state index contributed by atoms with van der Waals surface area (Å²) >= 11 is 1.96. The van der Waals surface area contributed by atoms with Crippen LogP contribution in [-0.4, -0.2) is 0 Å². The van der Waals surface area contributed by atoms with Crippen molar-refractivity contribution in [1.29, 1.82) is 0 Å². The van der Waals surface area contributed by atoms with Crippen molar-refractivity contribution in [2.45, 2.75) is 11.8 Å². The molecule has 0 amide bonds. The lowest BCUT2D eigenvalue weighted by Crippen LogP contribution is -2.12. The molecule has 0 saturated carbocycles. The molecule has 0 bridgehead atoms. The van der Waals surface area contributed by atoms with Gasteiger partial charge in [0.25, 0.3) is 0 Å². The molecule has 4 aromatic carbocycles. The van der Waals surface area contributed by atoms with Crippen molar-refractivity contribution < 1.29 is 0 Å². The van der Waals surface area contributed by atoms with Crippen LogP contribution in [0.1, 0.15) is 32.7 Å². The van der Waals surface area contributed by atoms with Gasteiger partial charge in [-0.3, -0.25) is 0 Å². The van der Waals surface area contributed by atoms with Crippen LogP contribution >= 0.6 is 11.3 Å². The predicted molar refractivity (Wildman–Crippen MR) is 153 cm³/mol. The molecule has 0 nitrogen and oxygen atoms in total. The SMILES string of the molecule is C1=CC2=Cc3sc4c(-c5cccc(C6(c7ccccc7)c7ccccc76)c5)cccc4c3CC2C=C1. The zero-order chi connectivity index (χ0) is 23.7. The molecule has 3 aliphatic rings. The Labute approximate surface area is 215 Å². The predicted octanol–water partition coefficient (Wildman–Crippen LogP) is 8.95. The smallest absolute Gasteiger partial charge is 0.0708 e. The zero-order valence-corrected chi connectivity index (χ0v) is 20.6. The Balaban J connectivity index is 1.29. The summed E-state index contributed by atoms with van der Waals surface area (Å²) in [6, 6.07) is 36.0. The third-order valence-corrected chi connectivity index (χ3v) is 9.46. The van der Waals surface area contributed by atoms with Gasteiger partial charge in [-0.25, -0.2) is 0 Å². The van der Waals surface area contributed by atoms with Crippen molar-refractivity contribution in [3.05, 3.63) is 160 Å². The quantitative estimate of drug-likeness (QED) is 0.239. The second kappa shape index (κ2) is 7.53. The summed E-state index contributed by atoms with van der Waals surface area (Å²) < 4.78 is 1.41. The van der Waals surface area contributed by atoms with Gasteiger partial charge < -0.3 is 0 Å². The Kier molecular flexibility index (Phi) is 4.24. The lowest BCUT2D eigenvalue weighted by molar-refractivity contribution is 0.767. The molecule has 170 valence electrons. The van der Waals surface area contributed by atoms with E-state index in [9.17, 15) is 0 Å². The molecule has 5 aromatic rings. The van der Waals surface area contributed by atoms with E-state index in [1.807, 2.05) is 11.3 Å². The van der Waals surface area contributed by atoms with E-state index in [1.165, 1.54) is 59.5 Å². The third-order valence-electron chi connectivity index (χ3n) is 8.23. The minimum absolute atomic E-state index is 0.137. The van der Waals surface area contributed by atoms with Gasteiger partial charge in [-0.1, -0.05) is 115 Å². The fourth-order valence-electron chi connectivity index (χ4n) is 6.51. The van der Waals surface area contributed by atoms with Gasteiger partial charge in [-0.05, 0) is 68.5 Å². The number of rotatable bonds is 3. The highest BCUT2D eigenvalue weighted by Crippen LogP contribution is 2.59. The number of allylic oxidation sites excluding steroid dienone is 5. The number of fused-ring (bicyclic) bond motifs is 5. The summed E-state index contributed by atoms with van der Waals surface area (Å²) in [4.78, 5) is 1.43. The Morgan fingerprint density at radius 1 is 0.722 bits per heavy atom. The minimum atomic E-state index is -0.137. The maximum atomic E-state index is 2.43. The number of hydrogen-bond acceptors (Lipinski definition) is 1. The highest BCUT2D eigenvalue weighted by atomic mass is 32.1. The van der Waals surface area contributed by atoms with E-state index >= 15 is 0 Å². The first kappa shape index (κ1) is 20.3. The number of hydrogen-bond donors (Lipinski definition) is 0. The molecule has 0 fully saturated rings. The molecule has 0 spiro atoms. The second-order valence-corrected chi connectivity index (χ2v) is 11.1. The van der Waals surface area contributed by atoms with Gasteiger partial charge >= 0.3 is 0 Å². The van der Waals surface area contributed by atoms with Crippen molar-refractivity contribution >= 4 is 27.5 Å². The zero-order valence-electron chi connectivity index (χ0n) is 19.8. The molecular formula is C35H24S. The Morgan fingerprint density at radius 2 is 1.50 bits per heavy atom. The van der Waals surface area contributed by atoms with E-state index in [1.54, 1.807) is 0 Å². The van der Waals surface area contributed by atoms with Crippen LogP contribution in [0.4, 0.5) is 0 Å². The Hall–Kier alpha value is -3.94. The highest BCUT2D eigenvalue weighted by Gasteiger charge is 2.52. The summed E-state index contributed by atoms with van der Waals surface area (Å²) in [5.41, 5.74) is 11.0. The van der Waals surface area contributed by atoms with Gasteiger partial charge in [-0.2, -0.15) is 0 Å². The molecule has 36 heavy (non-hydrogen) atoms. The van der Waals surface area contributed by atoms with Crippen molar-refractivity contribution in [3.8, 4) is 11.1 Å². The fourth-order valence-corrected chi connectivity index (χ4v) is 7.83. The lowest BCUT2D eigenvalue weighted by atomic mass is 9.82. The molecule has 1 unspecified atom stereocenters. The number of thiophene rings is 1. The highest BCUT2D eigenvalue weighted by molar-refractivity contribution is 7.20. The first-order chi connectivity index (χ1) is 17.8. The summed E-state index contributed by atoms with van der Waals surface area (Å²) in [6.45, 7) is 0. The van der Waals surface area contributed by atoms with Crippen molar-refractivity contribution in [3.63, 3.8) is 0 Å². The molecular weight excluding hydrogens is 452 g/mol. The van der Waals surface area contributed by atoms with Gasteiger partial charge in [0, 0.05) is 15.5 Å². The molecule has 0 saturated heterocycles. The fraction of sp³-hybridized carbons (Fsp3) is 0.0857. The standard InChI is InChI=1S/C35H24S/c1-2-13-26(14-3-1)35(31-18-6-7-19-32(31)35)27-15-8-12-25(20-27)28-16-9-17-29-30-21-23-10-4-5-11-24(23)22-33(30)36-34(28)29/h1-20,22-23H,21H2. The van der Waals surface area contributed by atoms with E-state index in [-0.39, 0.29) is 5.41 Å². The summed E-state index contributed by atoms with van der Waals surface area (Å²) in [7, 11) is 0. The average Bonchev–Trinajstić information content (AvgIpc) is 3.50. The van der Waals surface area contributed by atoms with Gasteiger partial charge in [0.15, 0.2) is 0 Å². The largest absolute Gasteiger partial charge is 0.135 e. The first-order valence-corrected chi connectivity index (χ1v) is 13.5. The third kappa shape index (κ3) is 2.75. The summed E-state index contributed by atoms with van der Waals surface area (Å²) in [6.07, 6.45) is 12.5. The monoisotopic (exact) mass is 476 g/mol.